The maximum atomic E-state index is 10.5. The van der Waals surface area contributed by atoms with Crippen molar-refractivity contribution < 1.29 is 21.9 Å². The Bertz CT molecular complexity index is 369. The number of sulfone groups is 2. The van der Waals surface area contributed by atoms with Crippen molar-refractivity contribution in [2.24, 2.45) is 0 Å². The van der Waals surface area contributed by atoms with Crippen molar-refractivity contribution in [1.29, 1.82) is 0 Å². The van der Waals surface area contributed by atoms with E-state index in [4.69, 9.17) is 5.11 Å². The number of hydrogen-bond acceptors (Lipinski definition) is 5. The second-order valence-electron chi connectivity index (χ2n) is 1.85. The van der Waals surface area contributed by atoms with Crippen LogP contribution in [-0.2, 0) is 19.7 Å². The molecule has 1 N–H and O–H groups in total. The van der Waals surface area contributed by atoms with Crippen LogP contribution in [0.15, 0.2) is 10.5 Å². The van der Waals surface area contributed by atoms with Gasteiger partial charge in [0.2, 0.25) is 14.9 Å². The average Bonchev–Trinajstić information content (AvgIpc) is 1.73. The van der Waals surface area contributed by atoms with Crippen molar-refractivity contribution in [1.82, 2.24) is 0 Å². The van der Waals surface area contributed by atoms with Crippen LogP contribution in [0.1, 0.15) is 0 Å². The van der Waals surface area contributed by atoms with Crippen molar-refractivity contribution in [3.05, 3.63) is 10.5 Å². The zero-order valence-electron chi connectivity index (χ0n) is 4.68. The van der Waals surface area contributed by atoms with Gasteiger partial charge in [-0.05, 0) is 0 Å². The number of hydrogen-bond donors (Lipinski definition) is 1. The summed E-state index contributed by atoms with van der Waals surface area (Å²) >= 11 is 0. The van der Waals surface area contributed by atoms with E-state index in [0.29, 0.717) is 5.41 Å². The summed E-state index contributed by atoms with van der Waals surface area (Å²) in [7, 11) is -7.61. The monoisotopic (exact) mass is 184 g/mol. The van der Waals surface area contributed by atoms with E-state index >= 15 is 0 Å². The molecule has 1 aliphatic rings. The quantitative estimate of drug-likeness (QED) is 0.529. The Labute approximate surface area is 57.8 Å². The van der Waals surface area contributed by atoms with Gasteiger partial charge in [-0.25, -0.2) is 16.8 Å². The first kappa shape index (κ1) is 7.55. The summed E-state index contributed by atoms with van der Waals surface area (Å²) in [5.74, 6) is 0. The number of rotatable bonds is 0. The largest absolute Gasteiger partial charge is 0.498 e. The molecule has 0 saturated heterocycles. The van der Waals surface area contributed by atoms with Gasteiger partial charge in [-0.3, -0.25) is 0 Å². The van der Waals surface area contributed by atoms with E-state index < -0.39 is 29.9 Å². The third-order valence-corrected chi connectivity index (χ3v) is 4.96. The van der Waals surface area contributed by atoms with Crippen LogP contribution in [0.4, 0.5) is 0 Å². The molecular weight excluding hydrogens is 180 g/mol. The molecule has 1 aliphatic heterocycles. The third-order valence-electron chi connectivity index (χ3n) is 0.918. The first-order valence-corrected chi connectivity index (χ1v) is 5.56. The summed E-state index contributed by atoms with van der Waals surface area (Å²) < 4.78 is 41.8. The lowest BCUT2D eigenvalue weighted by Crippen LogP contribution is -2.06. The van der Waals surface area contributed by atoms with Gasteiger partial charge in [0.15, 0.2) is 14.9 Å². The van der Waals surface area contributed by atoms with E-state index in [1.165, 1.54) is 0 Å². The normalized spacial score (nSPS) is 27.8. The minimum atomic E-state index is -3.90. The van der Waals surface area contributed by atoms with E-state index in [1.807, 2.05) is 0 Å². The summed E-state index contributed by atoms with van der Waals surface area (Å²) in [6, 6.07) is 0. The Morgan fingerprint density at radius 1 is 1.30 bits per heavy atom. The molecule has 0 aromatic carbocycles. The molecule has 0 aliphatic carbocycles. The molecule has 1 rings (SSSR count). The van der Waals surface area contributed by atoms with Gasteiger partial charge in [0, 0.05) is 0 Å². The first-order chi connectivity index (χ1) is 4.33. The molecule has 0 atom stereocenters. The fourth-order valence-corrected chi connectivity index (χ4v) is 4.36. The maximum absolute atomic E-state index is 10.5. The molecule has 0 fully saturated rings. The van der Waals surface area contributed by atoms with Crippen LogP contribution in [-0.4, -0.2) is 27.0 Å². The van der Waals surface area contributed by atoms with Gasteiger partial charge in [0.1, 0.15) is 0 Å². The average molecular weight is 184 g/mol. The summed E-state index contributed by atoms with van der Waals surface area (Å²) in [5.41, 5.74) is 0. The lowest BCUT2D eigenvalue weighted by Gasteiger charge is -1.86. The summed E-state index contributed by atoms with van der Waals surface area (Å²) in [4.78, 5) is 0. The third kappa shape index (κ3) is 1.14. The van der Waals surface area contributed by atoms with Crippen LogP contribution >= 0.6 is 0 Å². The highest BCUT2D eigenvalue weighted by Gasteiger charge is 2.33. The summed E-state index contributed by atoms with van der Waals surface area (Å²) in [6.45, 7) is 0. The Kier molecular flexibility index (Phi) is 1.30. The van der Waals surface area contributed by atoms with Crippen LogP contribution < -0.4 is 0 Å². The van der Waals surface area contributed by atoms with E-state index in [1.54, 1.807) is 0 Å². The Morgan fingerprint density at radius 3 is 1.90 bits per heavy atom. The maximum Gasteiger partial charge on any atom is 0.226 e. The first-order valence-electron chi connectivity index (χ1n) is 2.20. The lowest BCUT2D eigenvalue weighted by molar-refractivity contribution is 0.442. The molecule has 10 heavy (non-hydrogen) atoms. The smallest absolute Gasteiger partial charge is 0.226 e. The van der Waals surface area contributed by atoms with Crippen LogP contribution in [0.25, 0.3) is 0 Å². The van der Waals surface area contributed by atoms with Crippen molar-refractivity contribution >= 4 is 19.7 Å². The van der Waals surface area contributed by atoms with Gasteiger partial charge in [0.05, 0.1) is 5.41 Å². The van der Waals surface area contributed by atoms with Gasteiger partial charge >= 0.3 is 0 Å². The van der Waals surface area contributed by atoms with Crippen LogP contribution in [0.3, 0.4) is 0 Å². The lowest BCUT2D eigenvalue weighted by atomic mass is 11.1. The SMILES string of the molecule is O=S1(=O)C=C(O)S(=O)(=O)C1. The van der Waals surface area contributed by atoms with Crippen LogP contribution in [0.5, 0.6) is 0 Å². The molecule has 58 valence electrons. The molecule has 0 bridgehead atoms. The topological polar surface area (TPSA) is 88.5 Å². The highest BCUT2D eigenvalue weighted by atomic mass is 32.3. The second kappa shape index (κ2) is 1.73. The Morgan fingerprint density at radius 2 is 1.80 bits per heavy atom. The van der Waals surface area contributed by atoms with Gasteiger partial charge in [-0.15, -0.1) is 0 Å². The minimum absolute atomic E-state index is 0.350. The predicted molar refractivity (Wildman–Crippen MR) is 33.4 cm³/mol. The van der Waals surface area contributed by atoms with Crippen LogP contribution in [0, 0.1) is 0 Å². The second-order valence-corrected chi connectivity index (χ2v) is 6.00. The highest BCUT2D eigenvalue weighted by molar-refractivity contribution is 8.14. The van der Waals surface area contributed by atoms with E-state index in [2.05, 4.69) is 0 Å². The van der Waals surface area contributed by atoms with Crippen LogP contribution in [0.2, 0.25) is 0 Å². The molecule has 0 spiro atoms. The summed E-state index contributed by atoms with van der Waals surface area (Å²) in [5, 5.41) is 6.77. The van der Waals surface area contributed by atoms with Crippen molar-refractivity contribution in [3.63, 3.8) is 0 Å². The zero-order chi connectivity index (χ0) is 7.99. The molecule has 5 nitrogen and oxygen atoms in total. The van der Waals surface area contributed by atoms with Gasteiger partial charge in [-0.2, -0.15) is 0 Å². The fraction of sp³-hybridized carbons (Fsp3) is 0.333. The number of aliphatic hydroxyl groups excluding tert-OH is 1. The Hall–Kier alpha value is -0.560. The Balaban J connectivity index is 3.40. The standard InChI is InChI=1S/C3H4O5S2/c4-3-1-9(5,6)2-10(3,7)8/h1,4H,2H2. The summed E-state index contributed by atoms with van der Waals surface area (Å²) in [6.07, 6.45) is 0. The molecule has 0 aromatic heterocycles. The van der Waals surface area contributed by atoms with Gasteiger partial charge in [-0.1, -0.05) is 0 Å². The molecule has 0 radical (unpaired) electrons. The van der Waals surface area contributed by atoms with E-state index in [0.717, 1.165) is 0 Å². The zero-order valence-corrected chi connectivity index (χ0v) is 6.31. The van der Waals surface area contributed by atoms with Gasteiger partial charge < -0.3 is 5.11 Å². The number of aliphatic hydroxyl groups is 1. The molecule has 0 amide bonds. The van der Waals surface area contributed by atoms with E-state index in [9.17, 15) is 16.8 Å². The minimum Gasteiger partial charge on any atom is -0.498 e. The van der Waals surface area contributed by atoms with Crippen molar-refractivity contribution in [2.45, 2.75) is 0 Å². The van der Waals surface area contributed by atoms with E-state index in [-0.39, 0.29) is 0 Å². The molecular formula is C3H4O5S2. The fourth-order valence-electron chi connectivity index (χ4n) is 0.538. The molecule has 0 unspecified atom stereocenters. The molecule has 0 saturated carbocycles. The predicted octanol–water partition coefficient (Wildman–Crippen LogP) is -0.856. The molecule has 1 heterocycles. The van der Waals surface area contributed by atoms with Gasteiger partial charge in [0.25, 0.3) is 0 Å². The molecule has 0 aromatic rings. The highest BCUT2D eigenvalue weighted by Crippen LogP contribution is 2.17. The van der Waals surface area contributed by atoms with Crippen molar-refractivity contribution in [3.8, 4) is 0 Å². The van der Waals surface area contributed by atoms with Crippen molar-refractivity contribution in [2.75, 3.05) is 5.08 Å². The molecule has 7 heteroatoms.